The molecule has 0 bridgehead atoms. The SMILES string of the molecule is CC(c1ccc(F)cc1)N1CCN(C(=O)CN2CCOCC2)CC1. The lowest BCUT2D eigenvalue weighted by Crippen LogP contribution is -2.52. The van der Waals surface area contributed by atoms with E-state index in [0.717, 1.165) is 58.0 Å². The molecule has 3 rings (SSSR count). The summed E-state index contributed by atoms with van der Waals surface area (Å²) in [5.41, 5.74) is 1.12. The summed E-state index contributed by atoms with van der Waals surface area (Å²) in [5, 5.41) is 0. The Morgan fingerprint density at radius 2 is 1.71 bits per heavy atom. The van der Waals surface area contributed by atoms with Crippen LogP contribution in [0.1, 0.15) is 18.5 Å². The summed E-state index contributed by atoms with van der Waals surface area (Å²) in [6, 6.07) is 6.94. The molecule has 0 spiro atoms. The van der Waals surface area contributed by atoms with Crippen molar-refractivity contribution < 1.29 is 13.9 Å². The molecule has 2 heterocycles. The molecule has 24 heavy (non-hydrogen) atoms. The topological polar surface area (TPSA) is 36.0 Å². The Bertz CT molecular complexity index is 538. The number of benzene rings is 1. The van der Waals surface area contributed by atoms with Crippen LogP contribution >= 0.6 is 0 Å². The van der Waals surface area contributed by atoms with Crippen molar-refractivity contribution in [3.8, 4) is 0 Å². The molecule has 5 nitrogen and oxygen atoms in total. The van der Waals surface area contributed by atoms with Crippen molar-refractivity contribution in [3.05, 3.63) is 35.6 Å². The summed E-state index contributed by atoms with van der Waals surface area (Å²) in [7, 11) is 0. The van der Waals surface area contributed by atoms with Gasteiger partial charge in [0.05, 0.1) is 19.8 Å². The van der Waals surface area contributed by atoms with Crippen LogP contribution in [0, 0.1) is 5.82 Å². The van der Waals surface area contributed by atoms with Crippen molar-refractivity contribution in [2.75, 3.05) is 59.0 Å². The van der Waals surface area contributed by atoms with Gasteiger partial charge in [-0.05, 0) is 24.6 Å². The van der Waals surface area contributed by atoms with Gasteiger partial charge in [0, 0.05) is 45.3 Å². The van der Waals surface area contributed by atoms with Gasteiger partial charge in [-0.1, -0.05) is 12.1 Å². The van der Waals surface area contributed by atoms with E-state index in [2.05, 4.69) is 16.7 Å². The molecule has 0 N–H and O–H groups in total. The van der Waals surface area contributed by atoms with E-state index in [9.17, 15) is 9.18 Å². The number of rotatable bonds is 4. The van der Waals surface area contributed by atoms with Gasteiger partial charge in [0.2, 0.25) is 5.91 Å². The molecule has 2 fully saturated rings. The highest BCUT2D eigenvalue weighted by molar-refractivity contribution is 5.78. The lowest BCUT2D eigenvalue weighted by atomic mass is 10.1. The maximum atomic E-state index is 13.1. The lowest BCUT2D eigenvalue weighted by Gasteiger charge is -2.39. The highest BCUT2D eigenvalue weighted by atomic mass is 19.1. The highest BCUT2D eigenvalue weighted by Gasteiger charge is 2.26. The first-order valence-electron chi connectivity index (χ1n) is 8.71. The minimum atomic E-state index is -0.204. The van der Waals surface area contributed by atoms with E-state index < -0.39 is 0 Å². The van der Waals surface area contributed by atoms with Gasteiger partial charge in [0.25, 0.3) is 0 Å². The average Bonchev–Trinajstić information content (AvgIpc) is 2.63. The molecule has 0 aliphatic carbocycles. The second-order valence-corrected chi connectivity index (χ2v) is 6.53. The molecule has 2 saturated heterocycles. The van der Waals surface area contributed by atoms with E-state index >= 15 is 0 Å². The fourth-order valence-electron chi connectivity index (χ4n) is 3.36. The Kier molecular flexibility index (Phi) is 5.81. The van der Waals surface area contributed by atoms with Crippen molar-refractivity contribution in [1.82, 2.24) is 14.7 Å². The molecule has 1 aromatic rings. The molecule has 6 heteroatoms. The van der Waals surface area contributed by atoms with Crippen molar-refractivity contribution in [1.29, 1.82) is 0 Å². The maximum Gasteiger partial charge on any atom is 0.236 e. The van der Waals surface area contributed by atoms with Gasteiger partial charge >= 0.3 is 0 Å². The molecule has 1 amide bonds. The van der Waals surface area contributed by atoms with Gasteiger partial charge < -0.3 is 9.64 Å². The minimum absolute atomic E-state index is 0.204. The summed E-state index contributed by atoms with van der Waals surface area (Å²) < 4.78 is 18.4. The predicted molar refractivity (Wildman–Crippen MR) is 90.2 cm³/mol. The third-order valence-corrected chi connectivity index (χ3v) is 5.03. The molecule has 0 radical (unpaired) electrons. The zero-order valence-electron chi connectivity index (χ0n) is 14.3. The first-order valence-corrected chi connectivity index (χ1v) is 8.71. The van der Waals surface area contributed by atoms with E-state index in [0.29, 0.717) is 6.54 Å². The molecule has 0 aromatic heterocycles. The van der Waals surface area contributed by atoms with Crippen LogP contribution in [0.2, 0.25) is 0 Å². The van der Waals surface area contributed by atoms with E-state index in [4.69, 9.17) is 4.74 Å². The number of amides is 1. The largest absolute Gasteiger partial charge is 0.379 e. The van der Waals surface area contributed by atoms with Crippen molar-refractivity contribution >= 4 is 5.91 Å². The van der Waals surface area contributed by atoms with Gasteiger partial charge in [-0.3, -0.25) is 14.6 Å². The predicted octanol–water partition coefficient (Wildman–Crippen LogP) is 1.36. The van der Waals surface area contributed by atoms with Crippen LogP contribution in [-0.4, -0.2) is 79.6 Å². The Morgan fingerprint density at radius 3 is 2.33 bits per heavy atom. The summed E-state index contributed by atoms with van der Waals surface area (Å²) in [4.78, 5) is 18.9. The second-order valence-electron chi connectivity index (χ2n) is 6.53. The Balaban J connectivity index is 1.47. The number of nitrogens with zero attached hydrogens (tertiary/aromatic N) is 3. The van der Waals surface area contributed by atoms with Crippen LogP contribution in [0.5, 0.6) is 0 Å². The highest BCUT2D eigenvalue weighted by Crippen LogP contribution is 2.22. The Morgan fingerprint density at radius 1 is 1.08 bits per heavy atom. The Labute approximate surface area is 143 Å². The summed E-state index contributed by atoms with van der Waals surface area (Å²) in [6.07, 6.45) is 0. The van der Waals surface area contributed by atoms with E-state index in [1.54, 1.807) is 0 Å². The molecule has 2 aliphatic heterocycles. The second kappa shape index (κ2) is 8.05. The number of carbonyl (C=O) groups excluding carboxylic acids is 1. The van der Waals surface area contributed by atoms with Crippen LogP contribution in [-0.2, 0) is 9.53 Å². The molecule has 132 valence electrons. The van der Waals surface area contributed by atoms with Crippen LogP contribution in [0.15, 0.2) is 24.3 Å². The van der Waals surface area contributed by atoms with Crippen molar-refractivity contribution in [2.45, 2.75) is 13.0 Å². The van der Waals surface area contributed by atoms with Crippen molar-refractivity contribution in [2.24, 2.45) is 0 Å². The smallest absolute Gasteiger partial charge is 0.236 e. The van der Waals surface area contributed by atoms with Crippen LogP contribution in [0.3, 0.4) is 0 Å². The number of morpholine rings is 1. The van der Waals surface area contributed by atoms with Gasteiger partial charge in [-0.2, -0.15) is 0 Å². The van der Waals surface area contributed by atoms with Gasteiger partial charge in [0.1, 0.15) is 5.82 Å². The average molecular weight is 335 g/mol. The van der Waals surface area contributed by atoms with E-state index in [-0.39, 0.29) is 17.8 Å². The molecule has 1 atom stereocenters. The fourth-order valence-corrected chi connectivity index (χ4v) is 3.36. The molecule has 1 aromatic carbocycles. The third kappa shape index (κ3) is 4.32. The maximum absolute atomic E-state index is 13.1. The van der Waals surface area contributed by atoms with Crippen LogP contribution < -0.4 is 0 Å². The van der Waals surface area contributed by atoms with Gasteiger partial charge in [-0.25, -0.2) is 4.39 Å². The Hall–Kier alpha value is -1.50. The van der Waals surface area contributed by atoms with Crippen molar-refractivity contribution in [3.63, 3.8) is 0 Å². The fraction of sp³-hybridized carbons (Fsp3) is 0.611. The summed E-state index contributed by atoms with van der Waals surface area (Å²) in [6.45, 7) is 8.98. The number of hydrogen-bond donors (Lipinski definition) is 0. The molecular formula is C18H26FN3O2. The first-order chi connectivity index (χ1) is 11.6. The molecular weight excluding hydrogens is 309 g/mol. The zero-order chi connectivity index (χ0) is 16.9. The van der Waals surface area contributed by atoms with Gasteiger partial charge in [-0.15, -0.1) is 0 Å². The molecule has 0 saturated carbocycles. The first kappa shape index (κ1) is 17.3. The third-order valence-electron chi connectivity index (χ3n) is 5.03. The summed E-state index contributed by atoms with van der Waals surface area (Å²) in [5.74, 6) is 0.00969. The number of carbonyl (C=O) groups is 1. The standard InChI is InChI=1S/C18H26FN3O2/c1-15(16-2-4-17(19)5-3-16)21-6-8-22(9-7-21)18(23)14-20-10-12-24-13-11-20/h2-5,15H,6-14H2,1H3. The minimum Gasteiger partial charge on any atom is -0.379 e. The molecule has 1 unspecified atom stereocenters. The van der Waals surface area contributed by atoms with Gasteiger partial charge in [0.15, 0.2) is 0 Å². The molecule has 2 aliphatic rings. The lowest BCUT2D eigenvalue weighted by molar-refractivity contribution is -0.135. The van der Waals surface area contributed by atoms with E-state index in [1.807, 2.05) is 17.0 Å². The number of piperazine rings is 1. The quantitative estimate of drug-likeness (QED) is 0.833. The number of halogens is 1. The summed E-state index contributed by atoms with van der Waals surface area (Å²) >= 11 is 0. The number of hydrogen-bond acceptors (Lipinski definition) is 4. The monoisotopic (exact) mass is 335 g/mol. The van der Waals surface area contributed by atoms with E-state index in [1.165, 1.54) is 12.1 Å². The normalized spacial score (nSPS) is 21.7. The number of ether oxygens (including phenoxy) is 1. The zero-order valence-corrected chi connectivity index (χ0v) is 14.3. The van der Waals surface area contributed by atoms with Crippen LogP contribution in [0.4, 0.5) is 4.39 Å². The van der Waals surface area contributed by atoms with Crippen LogP contribution in [0.25, 0.3) is 0 Å².